The largest absolute Gasteiger partial charge is 0.342 e. The predicted molar refractivity (Wildman–Crippen MR) is 80.5 cm³/mol. The van der Waals surface area contributed by atoms with Gasteiger partial charge in [-0.1, -0.05) is 12.8 Å². The Hall–Kier alpha value is -0.870. The lowest BCUT2D eigenvalue weighted by atomic mass is 10.1. The quantitative estimate of drug-likeness (QED) is 0.899. The van der Waals surface area contributed by atoms with Gasteiger partial charge in [0.05, 0.1) is 6.54 Å². The van der Waals surface area contributed by atoms with E-state index in [1.807, 2.05) is 4.90 Å². The average molecular weight is 280 g/mol. The van der Waals surface area contributed by atoms with Crippen molar-refractivity contribution < 1.29 is 4.79 Å². The molecule has 1 fully saturated rings. The SMILES string of the molecule is CC(Cc1ccsc1)NCC(=O)N1CCCCCC1. The van der Waals surface area contributed by atoms with Gasteiger partial charge in [-0.05, 0) is 48.6 Å². The van der Waals surface area contributed by atoms with E-state index in [-0.39, 0.29) is 5.91 Å². The molecule has 0 aromatic carbocycles. The Labute approximate surface area is 120 Å². The van der Waals surface area contributed by atoms with Crippen LogP contribution in [0.5, 0.6) is 0 Å². The van der Waals surface area contributed by atoms with Crippen LogP contribution in [0.4, 0.5) is 0 Å². The molecule has 106 valence electrons. The Morgan fingerprint density at radius 3 is 2.74 bits per heavy atom. The molecule has 0 radical (unpaired) electrons. The van der Waals surface area contributed by atoms with Crippen molar-refractivity contribution in [2.75, 3.05) is 19.6 Å². The highest BCUT2D eigenvalue weighted by Crippen LogP contribution is 2.10. The Balaban J connectivity index is 1.70. The molecule has 1 unspecified atom stereocenters. The van der Waals surface area contributed by atoms with Gasteiger partial charge in [0.25, 0.3) is 0 Å². The number of carbonyl (C=O) groups is 1. The number of rotatable bonds is 5. The number of hydrogen-bond acceptors (Lipinski definition) is 3. The zero-order valence-corrected chi connectivity index (χ0v) is 12.5. The van der Waals surface area contributed by atoms with Gasteiger partial charge in [0, 0.05) is 19.1 Å². The summed E-state index contributed by atoms with van der Waals surface area (Å²) in [4.78, 5) is 14.1. The first-order valence-corrected chi connectivity index (χ1v) is 8.22. The Bertz CT molecular complexity index is 370. The first kappa shape index (κ1) is 14.5. The predicted octanol–water partition coefficient (Wildman–Crippen LogP) is 2.67. The molecule has 0 bridgehead atoms. The van der Waals surface area contributed by atoms with Crippen molar-refractivity contribution in [3.05, 3.63) is 22.4 Å². The molecular weight excluding hydrogens is 256 g/mol. The summed E-state index contributed by atoms with van der Waals surface area (Å²) in [5.41, 5.74) is 1.35. The van der Waals surface area contributed by atoms with Crippen molar-refractivity contribution in [2.24, 2.45) is 0 Å². The monoisotopic (exact) mass is 280 g/mol. The molecule has 2 rings (SSSR count). The molecule has 2 heterocycles. The van der Waals surface area contributed by atoms with Crippen molar-refractivity contribution in [1.29, 1.82) is 0 Å². The highest BCUT2D eigenvalue weighted by atomic mass is 32.1. The van der Waals surface area contributed by atoms with Crippen LogP contribution in [0.25, 0.3) is 0 Å². The molecule has 3 nitrogen and oxygen atoms in total. The van der Waals surface area contributed by atoms with Crippen LogP contribution in [-0.2, 0) is 11.2 Å². The third-order valence-electron chi connectivity index (χ3n) is 3.68. The van der Waals surface area contributed by atoms with Crippen LogP contribution < -0.4 is 5.32 Å². The lowest BCUT2D eigenvalue weighted by Crippen LogP contribution is -2.41. The first-order chi connectivity index (χ1) is 9.25. The zero-order chi connectivity index (χ0) is 13.5. The molecule has 1 atom stereocenters. The average Bonchev–Trinajstić information content (AvgIpc) is 2.76. The third kappa shape index (κ3) is 4.96. The maximum atomic E-state index is 12.1. The van der Waals surface area contributed by atoms with Crippen molar-refractivity contribution in [1.82, 2.24) is 10.2 Å². The van der Waals surface area contributed by atoms with Gasteiger partial charge in [-0.2, -0.15) is 11.3 Å². The van der Waals surface area contributed by atoms with Crippen LogP contribution in [-0.4, -0.2) is 36.5 Å². The summed E-state index contributed by atoms with van der Waals surface area (Å²) in [6, 6.07) is 2.50. The topological polar surface area (TPSA) is 32.3 Å². The van der Waals surface area contributed by atoms with E-state index >= 15 is 0 Å². The van der Waals surface area contributed by atoms with E-state index < -0.39 is 0 Å². The van der Waals surface area contributed by atoms with Crippen molar-refractivity contribution in [3.8, 4) is 0 Å². The Morgan fingerprint density at radius 1 is 1.37 bits per heavy atom. The van der Waals surface area contributed by atoms with Crippen LogP contribution in [0.2, 0.25) is 0 Å². The molecule has 1 amide bonds. The van der Waals surface area contributed by atoms with E-state index in [2.05, 4.69) is 29.1 Å². The number of amides is 1. The summed E-state index contributed by atoms with van der Waals surface area (Å²) in [5.74, 6) is 0.263. The van der Waals surface area contributed by atoms with Crippen molar-refractivity contribution in [3.63, 3.8) is 0 Å². The second kappa shape index (κ2) is 7.65. The minimum absolute atomic E-state index is 0.263. The van der Waals surface area contributed by atoms with Crippen molar-refractivity contribution in [2.45, 2.75) is 45.1 Å². The molecule has 0 aliphatic carbocycles. The van der Waals surface area contributed by atoms with Gasteiger partial charge >= 0.3 is 0 Å². The molecule has 1 aromatic rings. The van der Waals surface area contributed by atoms with E-state index in [4.69, 9.17) is 0 Å². The molecule has 0 spiro atoms. The van der Waals surface area contributed by atoms with Gasteiger partial charge in [0.2, 0.25) is 5.91 Å². The van der Waals surface area contributed by atoms with Crippen LogP contribution in [0.15, 0.2) is 16.8 Å². The molecule has 1 aliphatic heterocycles. The Kier molecular flexibility index (Phi) is 5.86. The molecular formula is C15H24N2OS. The van der Waals surface area contributed by atoms with Crippen LogP contribution in [0.1, 0.15) is 38.2 Å². The fraction of sp³-hybridized carbons (Fsp3) is 0.667. The molecule has 0 saturated carbocycles. The second-order valence-corrected chi connectivity index (χ2v) is 6.19. The fourth-order valence-corrected chi connectivity index (χ4v) is 3.21. The lowest BCUT2D eigenvalue weighted by molar-refractivity contribution is -0.130. The Morgan fingerprint density at radius 2 is 2.11 bits per heavy atom. The standard InChI is InChI=1S/C15H24N2OS/c1-13(10-14-6-9-19-12-14)16-11-15(18)17-7-4-2-3-5-8-17/h6,9,12-13,16H,2-5,7-8,10-11H2,1H3. The van der Waals surface area contributed by atoms with E-state index in [1.54, 1.807) is 11.3 Å². The second-order valence-electron chi connectivity index (χ2n) is 5.41. The summed E-state index contributed by atoms with van der Waals surface area (Å²) >= 11 is 1.73. The molecule has 19 heavy (non-hydrogen) atoms. The normalized spacial score (nSPS) is 18.1. The molecule has 1 aromatic heterocycles. The molecule has 1 saturated heterocycles. The molecule has 4 heteroatoms. The van der Waals surface area contributed by atoms with E-state index in [0.717, 1.165) is 32.4 Å². The van der Waals surface area contributed by atoms with E-state index in [9.17, 15) is 4.79 Å². The third-order valence-corrected chi connectivity index (χ3v) is 4.41. The maximum absolute atomic E-state index is 12.1. The number of carbonyl (C=O) groups excluding carboxylic acids is 1. The summed E-state index contributed by atoms with van der Waals surface area (Å²) in [6.07, 6.45) is 5.86. The van der Waals surface area contributed by atoms with Gasteiger partial charge in [0.1, 0.15) is 0 Å². The van der Waals surface area contributed by atoms with Crippen molar-refractivity contribution >= 4 is 17.2 Å². The minimum atomic E-state index is 0.263. The van der Waals surface area contributed by atoms with Gasteiger partial charge < -0.3 is 10.2 Å². The number of thiophene rings is 1. The number of nitrogens with zero attached hydrogens (tertiary/aromatic N) is 1. The van der Waals surface area contributed by atoms with Gasteiger partial charge in [-0.25, -0.2) is 0 Å². The van der Waals surface area contributed by atoms with Gasteiger partial charge in [0.15, 0.2) is 0 Å². The van der Waals surface area contributed by atoms with Gasteiger partial charge in [-0.3, -0.25) is 4.79 Å². The summed E-state index contributed by atoms with van der Waals surface area (Å²) in [5, 5.41) is 7.63. The smallest absolute Gasteiger partial charge is 0.236 e. The van der Waals surface area contributed by atoms with Crippen LogP contribution in [0, 0.1) is 0 Å². The highest BCUT2D eigenvalue weighted by molar-refractivity contribution is 7.07. The summed E-state index contributed by atoms with van der Waals surface area (Å²) in [7, 11) is 0. The lowest BCUT2D eigenvalue weighted by Gasteiger charge is -2.22. The van der Waals surface area contributed by atoms with Gasteiger partial charge in [-0.15, -0.1) is 0 Å². The van der Waals surface area contributed by atoms with E-state index in [0.29, 0.717) is 12.6 Å². The first-order valence-electron chi connectivity index (χ1n) is 7.28. The fourth-order valence-electron chi connectivity index (χ4n) is 2.53. The summed E-state index contributed by atoms with van der Waals surface area (Å²) in [6.45, 7) is 4.51. The highest BCUT2D eigenvalue weighted by Gasteiger charge is 2.15. The summed E-state index contributed by atoms with van der Waals surface area (Å²) < 4.78 is 0. The number of hydrogen-bond donors (Lipinski definition) is 1. The number of likely N-dealkylation sites (tertiary alicyclic amines) is 1. The van der Waals surface area contributed by atoms with E-state index in [1.165, 1.54) is 18.4 Å². The van der Waals surface area contributed by atoms with Crippen LogP contribution >= 0.6 is 11.3 Å². The zero-order valence-electron chi connectivity index (χ0n) is 11.7. The maximum Gasteiger partial charge on any atom is 0.236 e. The van der Waals surface area contributed by atoms with Crippen LogP contribution in [0.3, 0.4) is 0 Å². The minimum Gasteiger partial charge on any atom is -0.342 e. The molecule has 1 N–H and O–H groups in total. The number of nitrogens with one attached hydrogen (secondary N) is 1. The molecule has 1 aliphatic rings.